The summed E-state index contributed by atoms with van der Waals surface area (Å²) in [6, 6.07) is 9.38. The molecule has 14 heavy (non-hydrogen) atoms. The van der Waals surface area contributed by atoms with E-state index < -0.39 is 0 Å². The van der Waals surface area contributed by atoms with Crippen LogP contribution >= 0.6 is 0 Å². The Labute approximate surface area is 79.3 Å². The predicted molar refractivity (Wildman–Crippen MR) is 50.6 cm³/mol. The fourth-order valence-corrected chi connectivity index (χ4v) is 1.49. The molecule has 1 aromatic carbocycles. The van der Waals surface area contributed by atoms with Crippen molar-refractivity contribution in [2.24, 2.45) is 10.2 Å². The van der Waals surface area contributed by atoms with Crippen molar-refractivity contribution in [3.8, 4) is 0 Å². The van der Waals surface area contributed by atoms with E-state index in [9.17, 15) is 4.79 Å². The van der Waals surface area contributed by atoms with E-state index in [1.54, 1.807) is 6.07 Å². The van der Waals surface area contributed by atoms with Gasteiger partial charge in [0.05, 0.1) is 11.1 Å². The van der Waals surface area contributed by atoms with Gasteiger partial charge in [0.15, 0.2) is 5.82 Å². The topological polar surface area (TPSA) is 54.7 Å². The minimum Gasteiger partial charge on any atom is -0.265 e. The molecule has 0 bridgehead atoms. The van der Waals surface area contributed by atoms with Crippen molar-refractivity contribution in [3.05, 3.63) is 35.9 Å². The van der Waals surface area contributed by atoms with Gasteiger partial charge in [-0.15, -0.1) is 10.2 Å². The molecule has 4 nitrogen and oxygen atoms in total. The smallest absolute Gasteiger partial charge is 0.265 e. The second-order valence-corrected chi connectivity index (χ2v) is 3.06. The van der Waals surface area contributed by atoms with Crippen LogP contribution in [0, 0.1) is 0 Å². The second kappa shape index (κ2) is 2.45. The van der Waals surface area contributed by atoms with Crippen LogP contribution < -0.4 is 0 Å². The molecule has 2 heterocycles. The Morgan fingerprint density at radius 1 is 1.07 bits per heavy atom. The van der Waals surface area contributed by atoms with Gasteiger partial charge >= 0.3 is 0 Å². The van der Waals surface area contributed by atoms with Crippen molar-refractivity contribution in [3.63, 3.8) is 0 Å². The highest BCUT2D eigenvalue weighted by atomic mass is 16.2. The summed E-state index contributed by atoms with van der Waals surface area (Å²) in [5, 5.41) is 8.08. The molecule has 1 aromatic heterocycles. The summed E-state index contributed by atoms with van der Waals surface area (Å²) >= 11 is 0. The van der Waals surface area contributed by atoms with E-state index in [0.29, 0.717) is 11.4 Å². The van der Waals surface area contributed by atoms with Crippen molar-refractivity contribution in [1.82, 2.24) is 4.98 Å². The fraction of sp³-hybridized carbons (Fsp3) is 0. The molecular weight excluding hydrogens is 178 g/mol. The summed E-state index contributed by atoms with van der Waals surface area (Å²) in [4.78, 5) is 15.4. The number of nitrogens with zero attached hydrogens (tertiary/aromatic N) is 3. The van der Waals surface area contributed by atoms with Crippen molar-refractivity contribution in [1.29, 1.82) is 0 Å². The lowest BCUT2D eigenvalue weighted by atomic mass is 10.1. The molecule has 4 heteroatoms. The zero-order valence-electron chi connectivity index (χ0n) is 7.14. The summed E-state index contributed by atoms with van der Waals surface area (Å²) in [6.07, 6.45) is 0. The second-order valence-electron chi connectivity index (χ2n) is 3.06. The summed E-state index contributed by atoms with van der Waals surface area (Å²) in [5.41, 5.74) is 1.32. The molecule has 0 unspecified atom stereocenters. The average molecular weight is 183 g/mol. The first-order valence-corrected chi connectivity index (χ1v) is 4.20. The number of hydrogen-bond donors (Lipinski definition) is 0. The summed E-state index contributed by atoms with van der Waals surface area (Å²) in [7, 11) is 0. The molecule has 1 aliphatic heterocycles. The molecule has 0 N–H and O–H groups in total. The Morgan fingerprint density at radius 2 is 1.93 bits per heavy atom. The maximum absolute atomic E-state index is 11.2. The Kier molecular flexibility index (Phi) is 1.28. The molecule has 3 rings (SSSR count). The third-order valence-electron chi connectivity index (χ3n) is 2.17. The van der Waals surface area contributed by atoms with E-state index in [1.807, 2.05) is 24.3 Å². The van der Waals surface area contributed by atoms with Crippen LogP contribution in [0.25, 0.3) is 10.9 Å². The number of rotatable bonds is 0. The third-order valence-corrected chi connectivity index (χ3v) is 2.17. The van der Waals surface area contributed by atoms with Crippen LogP contribution in [-0.2, 0) is 0 Å². The lowest BCUT2D eigenvalue weighted by molar-refractivity contribution is 0.100. The molecule has 66 valence electrons. The van der Waals surface area contributed by atoms with Gasteiger partial charge in [-0.3, -0.25) is 4.79 Å². The van der Waals surface area contributed by atoms with Gasteiger partial charge in [-0.05, 0) is 12.1 Å². The van der Waals surface area contributed by atoms with Gasteiger partial charge in [-0.2, -0.15) is 0 Å². The van der Waals surface area contributed by atoms with Crippen LogP contribution in [0.15, 0.2) is 40.6 Å². The number of carbonyl (C=O) groups is 1. The molecular formula is C10H5N3O. The first kappa shape index (κ1) is 7.32. The van der Waals surface area contributed by atoms with Gasteiger partial charge in [0.25, 0.3) is 5.91 Å². The Hall–Kier alpha value is -2.10. The fourth-order valence-electron chi connectivity index (χ4n) is 1.49. The molecule has 0 saturated heterocycles. The van der Waals surface area contributed by atoms with Crippen LogP contribution in [0.1, 0.15) is 10.4 Å². The molecule has 1 amide bonds. The molecule has 0 radical (unpaired) electrons. The van der Waals surface area contributed by atoms with Crippen molar-refractivity contribution < 1.29 is 4.79 Å². The SMILES string of the molecule is O=C1N=Nc2nc3ccccc3cc21. The molecule has 0 atom stereocenters. The predicted octanol–water partition coefficient (Wildman–Crippen LogP) is 2.47. The monoisotopic (exact) mass is 183 g/mol. The van der Waals surface area contributed by atoms with Gasteiger partial charge in [-0.1, -0.05) is 18.2 Å². The Bertz CT molecular complexity index is 575. The van der Waals surface area contributed by atoms with Crippen molar-refractivity contribution in [2.75, 3.05) is 0 Å². The van der Waals surface area contributed by atoms with Crippen LogP contribution in [0.3, 0.4) is 0 Å². The van der Waals surface area contributed by atoms with E-state index in [-0.39, 0.29) is 5.91 Å². The number of para-hydroxylation sites is 1. The van der Waals surface area contributed by atoms with Gasteiger partial charge in [0.2, 0.25) is 0 Å². The number of hydrogen-bond acceptors (Lipinski definition) is 3. The van der Waals surface area contributed by atoms with Crippen molar-refractivity contribution in [2.45, 2.75) is 0 Å². The molecule has 0 spiro atoms. The van der Waals surface area contributed by atoms with E-state index in [1.165, 1.54) is 0 Å². The largest absolute Gasteiger partial charge is 0.299 e. The lowest BCUT2D eigenvalue weighted by Crippen LogP contribution is -1.90. The molecule has 1 aliphatic rings. The van der Waals surface area contributed by atoms with E-state index >= 15 is 0 Å². The maximum Gasteiger partial charge on any atom is 0.299 e. The minimum absolute atomic E-state index is 0.307. The van der Waals surface area contributed by atoms with Crippen LogP contribution in [-0.4, -0.2) is 10.9 Å². The maximum atomic E-state index is 11.2. The first-order chi connectivity index (χ1) is 6.84. The van der Waals surface area contributed by atoms with Gasteiger partial charge < -0.3 is 0 Å². The zero-order chi connectivity index (χ0) is 9.54. The highest BCUT2D eigenvalue weighted by Gasteiger charge is 2.18. The molecule has 2 aromatic rings. The third kappa shape index (κ3) is 0.877. The minimum atomic E-state index is -0.307. The lowest BCUT2D eigenvalue weighted by Gasteiger charge is -1.97. The molecule has 0 saturated carbocycles. The first-order valence-electron chi connectivity index (χ1n) is 4.20. The molecule has 0 fully saturated rings. The average Bonchev–Trinajstić information content (AvgIpc) is 2.57. The molecule has 0 aliphatic carbocycles. The van der Waals surface area contributed by atoms with Gasteiger partial charge in [-0.25, -0.2) is 4.98 Å². The number of pyridine rings is 1. The number of benzene rings is 1. The Morgan fingerprint density at radius 3 is 2.86 bits per heavy atom. The standard InChI is InChI=1S/C10H5N3O/c14-10-7-5-6-3-1-2-4-8(6)11-9(7)12-13-10/h1-5H. The van der Waals surface area contributed by atoms with Gasteiger partial charge in [0, 0.05) is 5.39 Å². The van der Waals surface area contributed by atoms with E-state index in [4.69, 9.17) is 0 Å². The number of aromatic nitrogens is 1. The zero-order valence-corrected chi connectivity index (χ0v) is 7.14. The summed E-state index contributed by atoms with van der Waals surface area (Å²) in [6.45, 7) is 0. The quantitative estimate of drug-likeness (QED) is 0.629. The Balaban J connectivity index is 2.42. The summed E-state index contributed by atoms with van der Waals surface area (Å²) < 4.78 is 0. The van der Waals surface area contributed by atoms with E-state index in [2.05, 4.69) is 15.2 Å². The highest BCUT2D eigenvalue weighted by molar-refractivity contribution is 6.03. The van der Waals surface area contributed by atoms with E-state index in [0.717, 1.165) is 10.9 Å². The summed E-state index contributed by atoms with van der Waals surface area (Å²) in [5.74, 6) is 0.118. The van der Waals surface area contributed by atoms with Crippen molar-refractivity contribution >= 4 is 22.6 Å². The highest BCUT2D eigenvalue weighted by Crippen LogP contribution is 2.27. The van der Waals surface area contributed by atoms with Crippen LogP contribution in [0.2, 0.25) is 0 Å². The normalized spacial score (nSPS) is 13.6. The number of azo groups is 1. The number of amides is 1. The van der Waals surface area contributed by atoms with Crippen LogP contribution in [0.5, 0.6) is 0 Å². The van der Waals surface area contributed by atoms with Crippen LogP contribution in [0.4, 0.5) is 5.82 Å². The number of carbonyl (C=O) groups excluding carboxylic acids is 1. The number of fused-ring (bicyclic) bond motifs is 2. The van der Waals surface area contributed by atoms with Gasteiger partial charge in [0.1, 0.15) is 0 Å².